The number of fused-ring (bicyclic) bond motifs is 2. The molecule has 7 heteroatoms. The van der Waals surface area contributed by atoms with Crippen molar-refractivity contribution < 1.29 is 23.9 Å². The van der Waals surface area contributed by atoms with Gasteiger partial charge >= 0.3 is 5.97 Å². The Balaban J connectivity index is 1.48. The Labute approximate surface area is 201 Å². The Morgan fingerprint density at radius 1 is 0.912 bits per heavy atom. The monoisotopic (exact) mass is 475 g/mol. The number of esters is 1. The van der Waals surface area contributed by atoms with Crippen LogP contribution in [0.15, 0.2) is 60.7 Å². The van der Waals surface area contributed by atoms with Crippen molar-refractivity contribution in [2.45, 2.75) is 26.3 Å². The minimum atomic E-state index is -0.856. The predicted octanol–water partition coefficient (Wildman–Crippen LogP) is 4.85. The van der Waals surface area contributed by atoms with Crippen molar-refractivity contribution >= 4 is 35.0 Å². The first-order valence-corrected chi connectivity index (χ1v) is 11.2. The maximum absolute atomic E-state index is 13.0. The fraction of sp³-hybridized carbons (Fsp3) is 0.185. The highest BCUT2D eigenvalue weighted by atomic mass is 35.5. The first-order valence-electron chi connectivity index (χ1n) is 10.9. The first kappa shape index (κ1) is 23.4. The van der Waals surface area contributed by atoms with Gasteiger partial charge in [-0.25, -0.2) is 4.79 Å². The fourth-order valence-electron chi connectivity index (χ4n) is 3.97. The van der Waals surface area contributed by atoms with Crippen LogP contribution in [0.1, 0.15) is 72.7 Å². The third kappa shape index (κ3) is 4.37. The van der Waals surface area contributed by atoms with E-state index in [2.05, 4.69) is 5.32 Å². The van der Waals surface area contributed by atoms with Gasteiger partial charge in [-0.05, 0) is 31.0 Å². The summed E-state index contributed by atoms with van der Waals surface area (Å²) < 4.78 is 5.16. The van der Waals surface area contributed by atoms with Crippen molar-refractivity contribution in [2.24, 2.45) is 0 Å². The summed E-state index contributed by atoms with van der Waals surface area (Å²) in [5, 5.41) is 2.68. The molecule has 3 aromatic carbocycles. The molecule has 0 saturated carbocycles. The quantitative estimate of drug-likeness (QED) is 0.403. The van der Waals surface area contributed by atoms with Gasteiger partial charge in [0.05, 0.1) is 22.2 Å². The van der Waals surface area contributed by atoms with E-state index < -0.39 is 24.3 Å². The van der Waals surface area contributed by atoms with E-state index in [1.807, 2.05) is 38.1 Å². The van der Waals surface area contributed by atoms with Gasteiger partial charge in [-0.2, -0.15) is 0 Å². The van der Waals surface area contributed by atoms with Gasteiger partial charge in [0.1, 0.15) is 0 Å². The second kappa shape index (κ2) is 9.61. The molecule has 0 saturated heterocycles. The van der Waals surface area contributed by atoms with Crippen LogP contribution >= 0.6 is 11.6 Å². The number of amides is 1. The van der Waals surface area contributed by atoms with Crippen molar-refractivity contribution in [1.29, 1.82) is 0 Å². The van der Waals surface area contributed by atoms with Crippen molar-refractivity contribution in [2.75, 3.05) is 6.61 Å². The number of hydrogen-bond acceptors (Lipinski definition) is 5. The number of halogens is 1. The SMILES string of the molecule is CC[C@H](NC(=O)COC(=O)c1ccc2c(c1Cl)C(=O)c1ccccc1C2=O)c1ccc(C)cc1. The second-order valence-electron chi connectivity index (χ2n) is 8.07. The number of rotatable bonds is 6. The highest BCUT2D eigenvalue weighted by Crippen LogP contribution is 2.34. The minimum absolute atomic E-state index is 0.0327. The summed E-state index contributed by atoms with van der Waals surface area (Å²) in [6.45, 7) is 3.42. The van der Waals surface area contributed by atoms with E-state index in [0.717, 1.165) is 11.1 Å². The molecule has 0 radical (unpaired) electrons. The molecule has 0 bridgehead atoms. The molecule has 0 aromatic heterocycles. The molecule has 0 unspecified atom stereocenters. The topological polar surface area (TPSA) is 89.5 Å². The number of ether oxygens (including phenoxy) is 1. The summed E-state index contributed by atoms with van der Waals surface area (Å²) in [6.07, 6.45) is 0.664. The summed E-state index contributed by atoms with van der Waals surface area (Å²) in [4.78, 5) is 50.8. The van der Waals surface area contributed by atoms with Gasteiger partial charge in [0, 0.05) is 16.7 Å². The molecule has 6 nitrogen and oxygen atoms in total. The molecule has 172 valence electrons. The maximum Gasteiger partial charge on any atom is 0.340 e. The average molecular weight is 476 g/mol. The third-order valence-corrected chi connectivity index (χ3v) is 6.20. The summed E-state index contributed by atoms with van der Waals surface area (Å²) in [5.74, 6) is -2.10. The van der Waals surface area contributed by atoms with Gasteiger partial charge in [-0.15, -0.1) is 0 Å². The van der Waals surface area contributed by atoms with Crippen LogP contribution in [0.4, 0.5) is 0 Å². The van der Waals surface area contributed by atoms with E-state index in [1.165, 1.54) is 12.1 Å². The van der Waals surface area contributed by atoms with Gasteiger partial charge in [0.2, 0.25) is 0 Å². The first-order chi connectivity index (χ1) is 16.3. The van der Waals surface area contributed by atoms with Crippen molar-refractivity contribution in [3.05, 3.63) is 105 Å². The molecule has 0 spiro atoms. The zero-order valence-corrected chi connectivity index (χ0v) is 19.4. The van der Waals surface area contributed by atoms with Crippen LogP contribution in [0.3, 0.4) is 0 Å². The van der Waals surface area contributed by atoms with Crippen LogP contribution in [-0.2, 0) is 9.53 Å². The lowest BCUT2D eigenvalue weighted by Gasteiger charge is -2.20. The lowest BCUT2D eigenvalue weighted by Crippen LogP contribution is -2.32. The van der Waals surface area contributed by atoms with Crippen LogP contribution in [-0.4, -0.2) is 30.0 Å². The lowest BCUT2D eigenvalue weighted by molar-refractivity contribution is -0.125. The van der Waals surface area contributed by atoms with Crippen LogP contribution in [0, 0.1) is 6.92 Å². The van der Waals surface area contributed by atoms with Crippen LogP contribution in [0.25, 0.3) is 0 Å². The Bertz CT molecular complexity index is 1310. The van der Waals surface area contributed by atoms with Crippen molar-refractivity contribution in [3.63, 3.8) is 0 Å². The van der Waals surface area contributed by atoms with E-state index >= 15 is 0 Å². The summed E-state index contributed by atoms with van der Waals surface area (Å²) in [7, 11) is 0. The number of ketones is 2. The van der Waals surface area contributed by atoms with Gasteiger partial charge in [-0.3, -0.25) is 14.4 Å². The number of carbonyl (C=O) groups is 4. The molecular weight excluding hydrogens is 454 g/mol. The molecule has 0 fully saturated rings. The van der Waals surface area contributed by atoms with E-state index in [0.29, 0.717) is 12.0 Å². The smallest absolute Gasteiger partial charge is 0.340 e. The van der Waals surface area contributed by atoms with Crippen LogP contribution < -0.4 is 5.32 Å². The van der Waals surface area contributed by atoms with Crippen LogP contribution in [0.5, 0.6) is 0 Å². The Morgan fingerprint density at radius 2 is 1.56 bits per heavy atom. The molecule has 0 heterocycles. The normalized spacial score (nSPS) is 13.0. The number of carbonyl (C=O) groups excluding carboxylic acids is 4. The molecule has 1 aliphatic carbocycles. The highest BCUT2D eigenvalue weighted by molar-refractivity contribution is 6.41. The predicted molar refractivity (Wildman–Crippen MR) is 127 cm³/mol. The Hall–Kier alpha value is -3.77. The van der Waals surface area contributed by atoms with Crippen LogP contribution in [0.2, 0.25) is 5.02 Å². The van der Waals surface area contributed by atoms with E-state index in [9.17, 15) is 19.2 Å². The second-order valence-corrected chi connectivity index (χ2v) is 8.45. The van der Waals surface area contributed by atoms with Crippen molar-refractivity contribution in [1.82, 2.24) is 5.32 Å². The molecule has 34 heavy (non-hydrogen) atoms. The summed E-state index contributed by atoms with van der Waals surface area (Å²) in [6, 6.07) is 16.8. The maximum atomic E-state index is 13.0. The molecule has 3 aromatic rings. The largest absolute Gasteiger partial charge is 0.452 e. The molecule has 1 N–H and O–H groups in total. The Morgan fingerprint density at radius 3 is 2.21 bits per heavy atom. The molecule has 1 amide bonds. The number of aryl methyl sites for hydroxylation is 1. The number of nitrogens with one attached hydrogen (secondary N) is 1. The summed E-state index contributed by atoms with van der Waals surface area (Å²) >= 11 is 6.39. The van der Waals surface area contributed by atoms with E-state index in [-0.39, 0.29) is 39.1 Å². The zero-order chi connectivity index (χ0) is 24.4. The highest BCUT2D eigenvalue weighted by Gasteiger charge is 2.33. The lowest BCUT2D eigenvalue weighted by atomic mass is 9.83. The third-order valence-electron chi connectivity index (χ3n) is 5.81. The Kier molecular flexibility index (Phi) is 6.61. The van der Waals surface area contributed by atoms with Gasteiger partial charge in [0.25, 0.3) is 5.91 Å². The van der Waals surface area contributed by atoms with Gasteiger partial charge in [-0.1, -0.05) is 72.6 Å². The van der Waals surface area contributed by atoms with E-state index in [1.54, 1.807) is 24.3 Å². The van der Waals surface area contributed by atoms with E-state index in [4.69, 9.17) is 16.3 Å². The minimum Gasteiger partial charge on any atom is -0.452 e. The number of hydrogen-bond donors (Lipinski definition) is 1. The zero-order valence-electron chi connectivity index (χ0n) is 18.7. The molecule has 4 rings (SSSR count). The van der Waals surface area contributed by atoms with Gasteiger partial charge in [0.15, 0.2) is 18.2 Å². The average Bonchev–Trinajstić information content (AvgIpc) is 2.84. The molecular formula is C27H22ClNO5. The molecule has 1 aliphatic rings. The fourth-order valence-corrected chi connectivity index (χ4v) is 4.30. The van der Waals surface area contributed by atoms with Crippen molar-refractivity contribution in [3.8, 4) is 0 Å². The van der Waals surface area contributed by atoms with Gasteiger partial charge < -0.3 is 10.1 Å². The standard InChI is InChI=1S/C27H22ClNO5/c1-3-21(16-10-8-15(2)9-11-16)29-22(30)14-34-27(33)20-13-12-19-23(24(20)28)26(32)18-7-5-4-6-17(18)25(19)31/h4-13,21H,3,14H2,1-2H3,(H,29,30)/t21-/m0/s1. The molecule has 0 aliphatic heterocycles. The number of benzene rings is 3. The summed E-state index contributed by atoms with van der Waals surface area (Å²) in [5.41, 5.74) is 2.61. The molecule has 1 atom stereocenters.